The molecule has 0 atom stereocenters. The van der Waals surface area contributed by atoms with E-state index in [0.29, 0.717) is 24.2 Å². The molecule has 1 aliphatic heterocycles. The van der Waals surface area contributed by atoms with E-state index < -0.39 is 0 Å². The maximum absolute atomic E-state index is 12.8. The van der Waals surface area contributed by atoms with Crippen molar-refractivity contribution in [2.24, 2.45) is 0 Å². The molecule has 0 aromatic heterocycles. The molecule has 3 amide bonds. The number of hydrogen-bond acceptors (Lipinski definition) is 3. The number of fused-ring (bicyclic) bond motifs is 1. The topological polar surface area (TPSA) is 69.7 Å². The first-order chi connectivity index (χ1) is 12.9. The molecule has 27 heavy (non-hydrogen) atoms. The van der Waals surface area contributed by atoms with Gasteiger partial charge in [-0.1, -0.05) is 12.1 Å². The van der Waals surface area contributed by atoms with Gasteiger partial charge in [-0.3, -0.25) is 14.4 Å². The van der Waals surface area contributed by atoms with Crippen molar-refractivity contribution in [2.45, 2.75) is 19.9 Å². The van der Waals surface area contributed by atoms with Gasteiger partial charge in [0.05, 0.1) is 0 Å². The number of carbonyl (C=O) groups is 3. The van der Waals surface area contributed by atoms with Gasteiger partial charge in [0.2, 0.25) is 5.91 Å². The van der Waals surface area contributed by atoms with E-state index >= 15 is 0 Å². The predicted octanol–water partition coefficient (Wildman–Crippen LogP) is 2.23. The average molecular weight is 365 g/mol. The Bertz CT molecular complexity index is 890. The van der Waals surface area contributed by atoms with Crippen LogP contribution in [0.4, 0.5) is 5.69 Å². The first-order valence-electron chi connectivity index (χ1n) is 8.88. The maximum Gasteiger partial charge on any atom is 0.253 e. The maximum atomic E-state index is 12.8. The fraction of sp³-hybridized carbons (Fsp3) is 0.286. The summed E-state index contributed by atoms with van der Waals surface area (Å²) < 4.78 is 0. The molecule has 1 aliphatic rings. The molecule has 0 bridgehead atoms. The molecule has 2 aromatic carbocycles. The molecule has 0 spiro atoms. The molecular weight excluding hydrogens is 342 g/mol. The van der Waals surface area contributed by atoms with Crippen LogP contribution in [0, 0.1) is 0 Å². The highest BCUT2D eigenvalue weighted by Crippen LogP contribution is 2.29. The highest BCUT2D eigenvalue weighted by Gasteiger charge is 2.23. The van der Waals surface area contributed by atoms with Crippen LogP contribution in [0.3, 0.4) is 0 Å². The molecule has 0 unspecified atom stereocenters. The van der Waals surface area contributed by atoms with E-state index in [-0.39, 0.29) is 17.7 Å². The molecule has 0 aliphatic carbocycles. The smallest absolute Gasteiger partial charge is 0.253 e. The van der Waals surface area contributed by atoms with Crippen molar-refractivity contribution in [1.82, 2.24) is 10.2 Å². The minimum atomic E-state index is -0.135. The van der Waals surface area contributed by atoms with Gasteiger partial charge < -0.3 is 15.1 Å². The van der Waals surface area contributed by atoms with E-state index in [2.05, 4.69) is 5.32 Å². The molecule has 0 saturated carbocycles. The molecule has 6 nitrogen and oxygen atoms in total. The molecule has 1 N–H and O–H groups in total. The normalized spacial score (nSPS) is 12.5. The zero-order valence-corrected chi connectivity index (χ0v) is 15.8. The van der Waals surface area contributed by atoms with Crippen molar-refractivity contribution in [3.8, 4) is 0 Å². The second-order valence-electron chi connectivity index (χ2n) is 6.70. The summed E-state index contributed by atoms with van der Waals surface area (Å²) in [6.07, 6.45) is 0.765. The van der Waals surface area contributed by atoms with Crippen LogP contribution in [-0.4, -0.2) is 43.3 Å². The van der Waals surface area contributed by atoms with Gasteiger partial charge in [0, 0.05) is 50.9 Å². The van der Waals surface area contributed by atoms with E-state index in [9.17, 15) is 14.4 Å². The van der Waals surface area contributed by atoms with E-state index in [4.69, 9.17) is 0 Å². The second kappa shape index (κ2) is 7.61. The monoisotopic (exact) mass is 365 g/mol. The summed E-state index contributed by atoms with van der Waals surface area (Å²) >= 11 is 0. The number of nitrogens with one attached hydrogen (secondary N) is 1. The fourth-order valence-corrected chi connectivity index (χ4v) is 3.33. The van der Waals surface area contributed by atoms with E-state index in [0.717, 1.165) is 23.2 Å². The van der Waals surface area contributed by atoms with Crippen LogP contribution in [0.15, 0.2) is 42.5 Å². The summed E-state index contributed by atoms with van der Waals surface area (Å²) in [5.74, 6) is -0.191. The van der Waals surface area contributed by atoms with Crippen molar-refractivity contribution < 1.29 is 14.4 Å². The van der Waals surface area contributed by atoms with Crippen molar-refractivity contribution in [2.75, 3.05) is 25.5 Å². The van der Waals surface area contributed by atoms with E-state index in [1.807, 2.05) is 24.3 Å². The first kappa shape index (κ1) is 18.6. The lowest BCUT2D eigenvalue weighted by Crippen LogP contribution is -2.27. The van der Waals surface area contributed by atoms with Crippen molar-refractivity contribution in [3.63, 3.8) is 0 Å². The van der Waals surface area contributed by atoms with Crippen LogP contribution in [0.25, 0.3) is 0 Å². The SMILES string of the molecule is CNC(=O)c1ccc(CN(C)C(=O)c2ccc3c(c2)CCN3C(C)=O)cc1. The highest BCUT2D eigenvalue weighted by atomic mass is 16.2. The lowest BCUT2D eigenvalue weighted by Gasteiger charge is -2.19. The van der Waals surface area contributed by atoms with Crippen LogP contribution in [0.5, 0.6) is 0 Å². The molecule has 0 saturated heterocycles. The summed E-state index contributed by atoms with van der Waals surface area (Å²) in [5, 5.41) is 2.58. The van der Waals surface area contributed by atoms with Crippen LogP contribution in [0.1, 0.15) is 38.8 Å². The lowest BCUT2D eigenvalue weighted by atomic mass is 10.1. The molecule has 3 rings (SSSR count). The third-order valence-corrected chi connectivity index (χ3v) is 4.81. The summed E-state index contributed by atoms with van der Waals surface area (Å²) in [4.78, 5) is 39.4. The molecule has 0 fully saturated rings. The van der Waals surface area contributed by atoms with Gasteiger partial charge in [0.15, 0.2) is 0 Å². The van der Waals surface area contributed by atoms with Crippen LogP contribution in [-0.2, 0) is 17.8 Å². The van der Waals surface area contributed by atoms with Gasteiger partial charge in [-0.25, -0.2) is 0 Å². The summed E-state index contributed by atoms with van der Waals surface area (Å²) in [5.41, 5.74) is 4.07. The molecule has 0 radical (unpaired) electrons. The zero-order chi connectivity index (χ0) is 19.6. The average Bonchev–Trinajstić information content (AvgIpc) is 3.10. The lowest BCUT2D eigenvalue weighted by molar-refractivity contribution is -0.116. The quantitative estimate of drug-likeness (QED) is 0.903. The Morgan fingerprint density at radius 1 is 1.07 bits per heavy atom. The van der Waals surface area contributed by atoms with Gasteiger partial charge in [0.1, 0.15) is 0 Å². The van der Waals surface area contributed by atoms with Crippen LogP contribution >= 0.6 is 0 Å². The highest BCUT2D eigenvalue weighted by molar-refractivity contribution is 5.98. The predicted molar refractivity (Wildman–Crippen MR) is 104 cm³/mol. The van der Waals surface area contributed by atoms with Crippen molar-refractivity contribution >= 4 is 23.4 Å². The number of rotatable bonds is 4. The minimum Gasteiger partial charge on any atom is -0.355 e. The Kier molecular flexibility index (Phi) is 5.26. The van der Waals surface area contributed by atoms with Gasteiger partial charge in [0.25, 0.3) is 11.8 Å². The summed E-state index contributed by atoms with van der Waals surface area (Å²) in [7, 11) is 3.35. The third kappa shape index (κ3) is 3.84. The van der Waals surface area contributed by atoms with Gasteiger partial charge >= 0.3 is 0 Å². The van der Waals surface area contributed by atoms with Crippen molar-refractivity contribution in [1.29, 1.82) is 0 Å². The molecular formula is C21H23N3O3. The molecule has 6 heteroatoms. The molecule has 140 valence electrons. The number of nitrogens with zero attached hydrogens (tertiary/aromatic N) is 2. The number of amides is 3. The van der Waals surface area contributed by atoms with E-state index in [1.54, 1.807) is 49.0 Å². The van der Waals surface area contributed by atoms with Crippen LogP contribution in [0.2, 0.25) is 0 Å². The third-order valence-electron chi connectivity index (χ3n) is 4.81. The summed E-state index contributed by atoms with van der Waals surface area (Å²) in [6.45, 7) is 2.66. The first-order valence-corrected chi connectivity index (χ1v) is 8.88. The Balaban J connectivity index is 1.71. The standard InChI is InChI=1S/C21H23N3O3/c1-14(25)24-11-10-17-12-18(8-9-19(17)24)21(27)23(3)13-15-4-6-16(7-5-15)20(26)22-2/h4-9,12H,10-11,13H2,1-3H3,(H,22,26). The Hall–Kier alpha value is -3.15. The Labute approximate surface area is 158 Å². The molecule has 2 aromatic rings. The van der Waals surface area contributed by atoms with Gasteiger partial charge in [-0.05, 0) is 47.9 Å². The second-order valence-corrected chi connectivity index (χ2v) is 6.70. The van der Waals surface area contributed by atoms with Crippen LogP contribution < -0.4 is 10.2 Å². The number of hydrogen-bond donors (Lipinski definition) is 1. The fourth-order valence-electron chi connectivity index (χ4n) is 3.33. The Morgan fingerprint density at radius 2 is 1.74 bits per heavy atom. The largest absolute Gasteiger partial charge is 0.355 e. The molecule has 1 heterocycles. The minimum absolute atomic E-state index is 0.0187. The summed E-state index contributed by atoms with van der Waals surface area (Å²) in [6, 6.07) is 12.7. The van der Waals surface area contributed by atoms with Crippen molar-refractivity contribution in [3.05, 3.63) is 64.7 Å². The number of benzene rings is 2. The van der Waals surface area contributed by atoms with E-state index in [1.165, 1.54) is 0 Å². The van der Waals surface area contributed by atoms with Gasteiger partial charge in [-0.15, -0.1) is 0 Å². The number of carbonyl (C=O) groups excluding carboxylic acids is 3. The Morgan fingerprint density at radius 3 is 2.37 bits per heavy atom. The van der Waals surface area contributed by atoms with Gasteiger partial charge in [-0.2, -0.15) is 0 Å². The number of anilines is 1. The zero-order valence-electron chi connectivity index (χ0n) is 15.8.